The number of carbonyl (C=O) groups excluding carboxylic acids is 3. The van der Waals surface area contributed by atoms with Crippen LogP contribution < -0.4 is 5.32 Å². The highest BCUT2D eigenvalue weighted by Crippen LogP contribution is 2.51. The van der Waals surface area contributed by atoms with E-state index in [1.807, 2.05) is 13.8 Å². The number of ether oxygens (including phenoxy) is 4. The number of β-lactam (4-membered cyclic amide) rings is 1. The number of aromatic nitrogens is 3. The Morgan fingerprint density at radius 1 is 1.34 bits per heavy atom. The van der Waals surface area contributed by atoms with Gasteiger partial charge in [-0.3, -0.25) is 9.48 Å². The lowest BCUT2D eigenvalue weighted by Gasteiger charge is -2.43. The zero-order valence-electron chi connectivity index (χ0n) is 20.7. The molecular formula is C22H33N5O7S. The number of carbonyl (C=O) groups is 3. The van der Waals surface area contributed by atoms with E-state index in [2.05, 4.69) is 15.6 Å². The lowest BCUT2D eigenvalue weighted by Crippen LogP contribution is -2.71. The number of amides is 2. The molecule has 0 aromatic carbocycles. The smallest absolute Gasteiger partial charge is 0.408 e. The maximum atomic E-state index is 12.9. The Morgan fingerprint density at radius 2 is 2.09 bits per heavy atom. The van der Waals surface area contributed by atoms with Gasteiger partial charge in [0.25, 0.3) is 0 Å². The fourth-order valence-electron chi connectivity index (χ4n) is 4.01. The van der Waals surface area contributed by atoms with Crippen LogP contribution >= 0.6 is 11.8 Å². The maximum Gasteiger partial charge on any atom is 0.408 e. The number of hydrogen-bond acceptors (Lipinski definition) is 10. The van der Waals surface area contributed by atoms with E-state index in [1.54, 1.807) is 31.6 Å². The van der Waals surface area contributed by atoms with Gasteiger partial charge in [-0.2, -0.15) is 0 Å². The van der Waals surface area contributed by atoms with Crippen molar-refractivity contribution >= 4 is 29.7 Å². The van der Waals surface area contributed by atoms with Crippen molar-refractivity contribution in [2.45, 2.75) is 88.1 Å². The van der Waals surface area contributed by atoms with Crippen LogP contribution in [0.15, 0.2) is 6.20 Å². The third-order valence-corrected chi connectivity index (χ3v) is 7.23. The number of fused-ring (bicyclic) bond motifs is 1. The Kier molecular flexibility index (Phi) is 7.30. The van der Waals surface area contributed by atoms with Crippen LogP contribution in [-0.4, -0.2) is 91.6 Å². The molecule has 2 amide bonds. The lowest BCUT2D eigenvalue weighted by atomic mass is 9.96. The van der Waals surface area contributed by atoms with Crippen molar-refractivity contribution < 1.29 is 33.3 Å². The molecule has 3 saturated heterocycles. The van der Waals surface area contributed by atoms with Crippen molar-refractivity contribution in [3.63, 3.8) is 0 Å². The van der Waals surface area contributed by atoms with E-state index in [4.69, 9.17) is 18.9 Å². The molecular weight excluding hydrogens is 478 g/mol. The Bertz CT molecular complexity index is 958. The number of alkyl carbamates (subject to hydrolysis) is 1. The zero-order chi connectivity index (χ0) is 25.4. The molecule has 1 N–H and O–H groups in total. The number of rotatable bonds is 10. The molecule has 0 radical (unpaired) electrons. The summed E-state index contributed by atoms with van der Waals surface area (Å²) in [5.41, 5.74) is 0.0576. The van der Waals surface area contributed by atoms with Crippen LogP contribution in [0.4, 0.5) is 4.79 Å². The first-order valence-electron chi connectivity index (χ1n) is 11.7. The Balaban J connectivity index is 1.21. The predicted molar refractivity (Wildman–Crippen MR) is 124 cm³/mol. The van der Waals surface area contributed by atoms with Crippen LogP contribution in [0.3, 0.4) is 0 Å². The van der Waals surface area contributed by atoms with Crippen LogP contribution in [0.5, 0.6) is 0 Å². The SMILES string of the molecule is CC(C)(C)OC(=O)N[C@@H]1C(=O)N2C(C(=O)OCCCn3cc(COCC4CO4)nn3)C(C)(C)S[C@H]12. The van der Waals surface area contributed by atoms with Crippen LogP contribution in [0.1, 0.15) is 46.7 Å². The molecule has 3 fully saturated rings. The van der Waals surface area contributed by atoms with Gasteiger partial charge in [0, 0.05) is 17.7 Å². The normalized spacial score (nSPS) is 26.7. The molecule has 12 nitrogen and oxygen atoms in total. The van der Waals surface area contributed by atoms with Gasteiger partial charge in [0.2, 0.25) is 5.91 Å². The summed E-state index contributed by atoms with van der Waals surface area (Å²) in [6, 6.07) is -1.46. The van der Waals surface area contributed by atoms with Gasteiger partial charge in [-0.05, 0) is 34.6 Å². The molecule has 3 aliphatic heterocycles. The molecule has 4 rings (SSSR count). The molecule has 2 unspecified atom stereocenters. The molecule has 4 heterocycles. The van der Waals surface area contributed by atoms with Crippen LogP contribution in [0.2, 0.25) is 0 Å². The minimum Gasteiger partial charge on any atom is -0.464 e. The average molecular weight is 512 g/mol. The number of nitrogens with one attached hydrogen (secondary N) is 1. The monoisotopic (exact) mass is 511 g/mol. The summed E-state index contributed by atoms with van der Waals surface area (Å²) in [4.78, 5) is 39.3. The molecule has 4 atom stereocenters. The topological polar surface area (TPSA) is 137 Å². The van der Waals surface area contributed by atoms with E-state index in [9.17, 15) is 14.4 Å². The molecule has 0 aliphatic carbocycles. The number of hydrogen-bond donors (Lipinski definition) is 1. The summed E-state index contributed by atoms with van der Waals surface area (Å²) in [5.74, 6) is -0.768. The predicted octanol–water partition coefficient (Wildman–Crippen LogP) is 1.08. The first-order chi connectivity index (χ1) is 16.4. The minimum absolute atomic E-state index is 0.188. The number of epoxide rings is 1. The van der Waals surface area contributed by atoms with Gasteiger partial charge in [-0.1, -0.05) is 5.21 Å². The summed E-state index contributed by atoms with van der Waals surface area (Å²) in [6.45, 7) is 11.4. The second-order valence-electron chi connectivity index (χ2n) is 10.3. The van der Waals surface area contributed by atoms with Crippen molar-refractivity contribution in [1.82, 2.24) is 25.2 Å². The van der Waals surface area contributed by atoms with E-state index in [0.717, 1.165) is 12.3 Å². The molecule has 1 aromatic heterocycles. The fourth-order valence-corrected chi connectivity index (χ4v) is 5.63. The number of aryl methyl sites for hydroxylation is 1. The van der Waals surface area contributed by atoms with Gasteiger partial charge < -0.3 is 29.2 Å². The summed E-state index contributed by atoms with van der Waals surface area (Å²) >= 11 is 1.47. The number of nitrogens with zero attached hydrogens (tertiary/aromatic N) is 4. The van der Waals surface area contributed by atoms with Gasteiger partial charge in [0.1, 0.15) is 34.9 Å². The van der Waals surface area contributed by atoms with E-state index < -0.39 is 34.5 Å². The highest BCUT2D eigenvalue weighted by atomic mass is 32.2. The van der Waals surface area contributed by atoms with Crippen molar-refractivity contribution in [3.05, 3.63) is 11.9 Å². The quantitative estimate of drug-likeness (QED) is 0.210. The highest BCUT2D eigenvalue weighted by molar-refractivity contribution is 8.01. The third-order valence-electron chi connectivity index (χ3n) is 5.65. The van der Waals surface area contributed by atoms with Crippen LogP contribution in [0.25, 0.3) is 0 Å². The largest absolute Gasteiger partial charge is 0.464 e. The first-order valence-corrected chi connectivity index (χ1v) is 12.6. The second kappa shape index (κ2) is 9.94. The van der Waals surface area contributed by atoms with Crippen molar-refractivity contribution in [3.8, 4) is 0 Å². The molecule has 1 aromatic rings. The Labute approximate surface area is 208 Å². The van der Waals surface area contributed by atoms with Gasteiger partial charge in [0.05, 0.1) is 32.6 Å². The van der Waals surface area contributed by atoms with Gasteiger partial charge in [-0.25, -0.2) is 9.59 Å². The van der Waals surface area contributed by atoms with Gasteiger partial charge >= 0.3 is 12.1 Å². The van der Waals surface area contributed by atoms with E-state index >= 15 is 0 Å². The summed E-state index contributed by atoms with van der Waals surface area (Å²) < 4.78 is 22.5. The average Bonchev–Trinajstić information content (AvgIpc) is 3.40. The molecule has 194 valence electrons. The standard InChI is InChI=1S/C22H33N5O7S/c1-21(2,3)34-20(30)23-15-17(28)27-16(22(4,5)35-18(15)27)19(29)32-8-6-7-26-9-13(24-25-26)10-31-11-14-12-33-14/h9,14-16,18H,6-8,10-12H2,1-5H3,(H,23,30)/t14?,15-,16?,18-/m1/s1. The zero-order valence-corrected chi connectivity index (χ0v) is 21.5. The summed E-state index contributed by atoms with van der Waals surface area (Å²) in [7, 11) is 0. The Hall–Kier alpha value is -2.38. The lowest BCUT2D eigenvalue weighted by molar-refractivity contribution is -0.163. The molecule has 13 heteroatoms. The molecule has 0 bridgehead atoms. The van der Waals surface area contributed by atoms with Gasteiger partial charge in [-0.15, -0.1) is 16.9 Å². The third kappa shape index (κ3) is 6.25. The summed E-state index contributed by atoms with van der Waals surface area (Å²) in [5, 5.41) is 10.4. The number of esters is 1. The van der Waals surface area contributed by atoms with E-state index in [0.29, 0.717) is 26.2 Å². The van der Waals surface area contributed by atoms with Crippen LogP contribution in [-0.2, 0) is 41.7 Å². The molecule has 3 aliphatic rings. The van der Waals surface area contributed by atoms with E-state index in [-0.39, 0.29) is 24.0 Å². The maximum absolute atomic E-state index is 12.9. The second-order valence-corrected chi connectivity index (χ2v) is 12.1. The van der Waals surface area contributed by atoms with Crippen LogP contribution in [0, 0.1) is 0 Å². The van der Waals surface area contributed by atoms with Gasteiger partial charge in [0.15, 0.2) is 0 Å². The van der Waals surface area contributed by atoms with Crippen molar-refractivity contribution in [2.75, 3.05) is 19.8 Å². The number of thioether (sulfide) groups is 1. The highest BCUT2D eigenvalue weighted by Gasteiger charge is 2.64. The molecule has 0 saturated carbocycles. The molecule has 35 heavy (non-hydrogen) atoms. The Morgan fingerprint density at radius 3 is 2.77 bits per heavy atom. The fraction of sp³-hybridized carbons (Fsp3) is 0.773. The minimum atomic E-state index is -0.729. The van der Waals surface area contributed by atoms with Crippen molar-refractivity contribution in [1.29, 1.82) is 0 Å². The van der Waals surface area contributed by atoms with Crippen molar-refractivity contribution in [2.24, 2.45) is 0 Å². The summed E-state index contributed by atoms with van der Waals surface area (Å²) in [6.07, 6.45) is 1.90. The molecule has 0 spiro atoms. The van der Waals surface area contributed by atoms with E-state index in [1.165, 1.54) is 16.7 Å². The first kappa shape index (κ1) is 25.7.